The van der Waals surface area contributed by atoms with E-state index in [0.29, 0.717) is 23.2 Å². The number of aromatic nitrogens is 2. The number of anilines is 1. The molecule has 0 saturated heterocycles. The Morgan fingerprint density at radius 2 is 1.92 bits per heavy atom. The third-order valence-electron chi connectivity index (χ3n) is 4.32. The summed E-state index contributed by atoms with van der Waals surface area (Å²) in [6, 6.07) is 11.8. The maximum atomic E-state index is 12.4. The van der Waals surface area contributed by atoms with Gasteiger partial charge in [0.15, 0.2) is 0 Å². The lowest BCUT2D eigenvalue weighted by atomic mass is 10.1. The molecule has 0 bridgehead atoms. The van der Waals surface area contributed by atoms with E-state index in [2.05, 4.69) is 36.0 Å². The summed E-state index contributed by atoms with van der Waals surface area (Å²) < 4.78 is 1.85. The average molecular weight is 371 g/mol. The fourth-order valence-corrected chi connectivity index (χ4v) is 3.19. The molecule has 3 aromatic rings. The van der Waals surface area contributed by atoms with Crippen molar-refractivity contribution in [2.24, 2.45) is 0 Å². The average Bonchev–Trinajstić information content (AvgIpc) is 3.02. The zero-order valence-electron chi connectivity index (χ0n) is 15.2. The molecule has 1 N–H and O–H groups in total. The number of fused-ring (bicyclic) bond motifs is 1. The van der Waals surface area contributed by atoms with Crippen LogP contribution in [0, 0.1) is 0 Å². The number of amides is 1. The number of benzene rings is 1. The molecule has 5 nitrogen and oxygen atoms in total. The lowest BCUT2D eigenvalue weighted by molar-refractivity contribution is 0.0950. The minimum Gasteiger partial charge on any atom is -0.369 e. The molecule has 0 aliphatic heterocycles. The number of nitrogens with one attached hydrogen (secondary N) is 1. The van der Waals surface area contributed by atoms with Crippen LogP contribution in [0.4, 0.5) is 5.69 Å². The standard InChI is InChI=1S/C20H23ClN4O/c1-4-25(14(2)3)18-8-5-15(6-9-18)20(26)22-11-17-13-24-12-16(21)7-10-19(24)23-17/h5-10,12-14H,4,11H2,1-3H3,(H,22,26). The molecule has 1 amide bonds. The Bertz CT molecular complexity index is 902. The summed E-state index contributed by atoms with van der Waals surface area (Å²) in [6.45, 7) is 7.75. The molecule has 0 aliphatic rings. The van der Waals surface area contributed by atoms with Crippen molar-refractivity contribution in [3.05, 3.63) is 65.1 Å². The van der Waals surface area contributed by atoms with Crippen molar-refractivity contribution in [1.29, 1.82) is 0 Å². The Labute approximate surface area is 158 Å². The van der Waals surface area contributed by atoms with Crippen LogP contribution in [0.3, 0.4) is 0 Å². The highest BCUT2D eigenvalue weighted by Crippen LogP contribution is 2.18. The second-order valence-corrected chi connectivity index (χ2v) is 6.89. The first-order valence-corrected chi connectivity index (χ1v) is 9.13. The van der Waals surface area contributed by atoms with E-state index in [0.717, 1.165) is 23.6 Å². The van der Waals surface area contributed by atoms with Gasteiger partial charge in [-0.2, -0.15) is 0 Å². The molecule has 0 unspecified atom stereocenters. The van der Waals surface area contributed by atoms with Gasteiger partial charge in [0.2, 0.25) is 0 Å². The summed E-state index contributed by atoms with van der Waals surface area (Å²) in [7, 11) is 0. The molecule has 0 spiro atoms. The molecule has 0 atom stereocenters. The Morgan fingerprint density at radius 1 is 1.19 bits per heavy atom. The molecular weight excluding hydrogens is 348 g/mol. The molecule has 6 heteroatoms. The monoisotopic (exact) mass is 370 g/mol. The largest absolute Gasteiger partial charge is 0.369 e. The Balaban J connectivity index is 1.65. The van der Waals surface area contributed by atoms with Gasteiger partial charge in [-0.1, -0.05) is 11.6 Å². The van der Waals surface area contributed by atoms with E-state index >= 15 is 0 Å². The smallest absolute Gasteiger partial charge is 0.251 e. The summed E-state index contributed by atoms with van der Waals surface area (Å²) in [4.78, 5) is 19.1. The van der Waals surface area contributed by atoms with Crippen LogP contribution >= 0.6 is 11.6 Å². The third-order valence-corrected chi connectivity index (χ3v) is 4.54. The maximum absolute atomic E-state index is 12.4. The lowest BCUT2D eigenvalue weighted by Gasteiger charge is -2.27. The van der Waals surface area contributed by atoms with Crippen molar-refractivity contribution in [2.45, 2.75) is 33.4 Å². The van der Waals surface area contributed by atoms with Crippen LogP contribution in [0.2, 0.25) is 5.02 Å². The van der Waals surface area contributed by atoms with E-state index in [1.54, 1.807) is 12.3 Å². The topological polar surface area (TPSA) is 49.6 Å². The SMILES string of the molecule is CCN(c1ccc(C(=O)NCc2cn3cc(Cl)ccc3n2)cc1)C(C)C. The molecule has 26 heavy (non-hydrogen) atoms. The highest BCUT2D eigenvalue weighted by Gasteiger charge is 2.11. The number of rotatable bonds is 6. The molecular formula is C20H23ClN4O. The van der Waals surface area contributed by atoms with E-state index in [-0.39, 0.29) is 5.91 Å². The van der Waals surface area contributed by atoms with Crippen LogP contribution < -0.4 is 10.2 Å². The molecule has 136 valence electrons. The van der Waals surface area contributed by atoms with Crippen LogP contribution in [0.1, 0.15) is 36.8 Å². The molecule has 2 aromatic heterocycles. The number of hydrogen-bond acceptors (Lipinski definition) is 3. The molecule has 0 saturated carbocycles. The van der Waals surface area contributed by atoms with Crippen molar-refractivity contribution in [2.75, 3.05) is 11.4 Å². The molecule has 1 aromatic carbocycles. The van der Waals surface area contributed by atoms with Gasteiger partial charge in [-0.15, -0.1) is 0 Å². The van der Waals surface area contributed by atoms with Crippen LogP contribution in [0.15, 0.2) is 48.8 Å². The van der Waals surface area contributed by atoms with Gasteiger partial charge in [0.05, 0.1) is 17.3 Å². The van der Waals surface area contributed by atoms with Gasteiger partial charge in [-0.3, -0.25) is 4.79 Å². The highest BCUT2D eigenvalue weighted by molar-refractivity contribution is 6.30. The van der Waals surface area contributed by atoms with Crippen LogP contribution in [0.5, 0.6) is 0 Å². The quantitative estimate of drug-likeness (QED) is 0.709. The summed E-state index contributed by atoms with van der Waals surface area (Å²) in [5.41, 5.74) is 3.35. The molecule has 0 radical (unpaired) electrons. The zero-order valence-corrected chi connectivity index (χ0v) is 16.0. The van der Waals surface area contributed by atoms with Crippen molar-refractivity contribution in [1.82, 2.24) is 14.7 Å². The number of carbonyl (C=O) groups is 1. The lowest BCUT2D eigenvalue weighted by Crippen LogP contribution is -2.30. The van der Waals surface area contributed by atoms with E-state index < -0.39 is 0 Å². The maximum Gasteiger partial charge on any atom is 0.251 e. The normalized spacial score (nSPS) is 11.1. The predicted molar refractivity (Wildman–Crippen MR) is 106 cm³/mol. The van der Waals surface area contributed by atoms with Gasteiger partial charge in [0, 0.05) is 36.2 Å². The highest BCUT2D eigenvalue weighted by atomic mass is 35.5. The van der Waals surface area contributed by atoms with Crippen molar-refractivity contribution in [3.8, 4) is 0 Å². The van der Waals surface area contributed by atoms with Crippen molar-refractivity contribution in [3.63, 3.8) is 0 Å². The first-order chi connectivity index (χ1) is 12.5. The minimum absolute atomic E-state index is 0.112. The third kappa shape index (κ3) is 3.99. The van der Waals surface area contributed by atoms with Gasteiger partial charge in [-0.05, 0) is 57.2 Å². The second kappa shape index (κ2) is 7.79. The van der Waals surface area contributed by atoms with Crippen molar-refractivity contribution < 1.29 is 4.79 Å². The minimum atomic E-state index is -0.112. The predicted octanol–water partition coefficient (Wildman–Crippen LogP) is 4.15. The molecule has 2 heterocycles. The number of nitrogens with zero attached hydrogens (tertiary/aromatic N) is 3. The van der Waals surface area contributed by atoms with Gasteiger partial charge >= 0.3 is 0 Å². The number of hydrogen-bond donors (Lipinski definition) is 1. The number of carbonyl (C=O) groups excluding carboxylic acids is 1. The first kappa shape index (κ1) is 18.3. The summed E-state index contributed by atoms with van der Waals surface area (Å²) >= 11 is 5.98. The summed E-state index contributed by atoms with van der Waals surface area (Å²) in [6.07, 6.45) is 3.66. The fraction of sp³-hybridized carbons (Fsp3) is 0.300. The van der Waals surface area contributed by atoms with Gasteiger partial charge in [0.25, 0.3) is 5.91 Å². The van der Waals surface area contributed by atoms with Crippen LogP contribution in [-0.2, 0) is 6.54 Å². The molecule has 3 rings (SSSR count). The zero-order chi connectivity index (χ0) is 18.7. The number of halogens is 1. The van der Waals surface area contributed by atoms with E-state index in [9.17, 15) is 4.79 Å². The van der Waals surface area contributed by atoms with Gasteiger partial charge in [-0.25, -0.2) is 4.98 Å². The number of imidazole rings is 1. The molecule has 0 aliphatic carbocycles. The van der Waals surface area contributed by atoms with Crippen molar-refractivity contribution >= 4 is 28.8 Å². The first-order valence-electron chi connectivity index (χ1n) is 8.76. The Kier molecular flexibility index (Phi) is 5.47. The van der Waals surface area contributed by atoms with Gasteiger partial charge < -0.3 is 14.6 Å². The summed E-state index contributed by atoms with van der Waals surface area (Å²) in [5.74, 6) is -0.112. The van der Waals surface area contributed by atoms with Gasteiger partial charge in [0.1, 0.15) is 5.65 Å². The van der Waals surface area contributed by atoms with E-state index in [1.165, 1.54) is 0 Å². The Hall–Kier alpha value is -2.53. The van der Waals surface area contributed by atoms with Crippen LogP contribution in [-0.4, -0.2) is 27.9 Å². The van der Waals surface area contributed by atoms with Crippen LogP contribution in [0.25, 0.3) is 5.65 Å². The molecule has 0 fully saturated rings. The fourth-order valence-electron chi connectivity index (χ4n) is 3.03. The number of pyridine rings is 1. The van der Waals surface area contributed by atoms with E-state index in [1.807, 2.05) is 40.9 Å². The summed E-state index contributed by atoms with van der Waals surface area (Å²) in [5, 5.41) is 3.56. The Morgan fingerprint density at radius 3 is 2.58 bits per heavy atom. The van der Waals surface area contributed by atoms with E-state index in [4.69, 9.17) is 11.6 Å². The second-order valence-electron chi connectivity index (χ2n) is 6.45.